The average molecular weight is 628 g/mol. The molecule has 4 unspecified atom stereocenters. The summed E-state index contributed by atoms with van der Waals surface area (Å²) in [4.78, 5) is 2.45. The normalized spacial score (nSPS) is 20.7. The van der Waals surface area contributed by atoms with E-state index in [2.05, 4.69) is 188 Å². The minimum Gasteiger partial charge on any atom is -0.310 e. The maximum absolute atomic E-state index is 2.54. The summed E-state index contributed by atoms with van der Waals surface area (Å²) in [5.74, 6) is 1.21. The number of rotatable bonds is 6. The van der Waals surface area contributed by atoms with Crippen LogP contribution in [-0.4, -0.2) is 0 Å². The first-order chi connectivity index (χ1) is 24.3. The molecule has 7 aromatic carbocycles. The number of hydrogen-bond acceptors (Lipinski definition) is 1. The highest BCUT2D eigenvalue weighted by Gasteiger charge is 2.66. The lowest BCUT2D eigenvalue weighted by Crippen LogP contribution is -2.26. The van der Waals surface area contributed by atoms with Gasteiger partial charge in [-0.2, -0.15) is 0 Å². The molecule has 4 atom stereocenters. The predicted octanol–water partition coefficient (Wildman–Crippen LogP) is 12.6. The van der Waals surface area contributed by atoms with Crippen LogP contribution in [-0.2, 0) is 0 Å². The Morgan fingerprint density at radius 3 is 1.14 bits per heavy atom. The molecule has 0 amide bonds. The molecule has 0 radical (unpaired) electrons. The molecule has 3 aliphatic rings. The second-order valence-corrected chi connectivity index (χ2v) is 14.0. The lowest BCUT2D eigenvalue weighted by atomic mass is 9.67. The second-order valence-electron chi connectivity index (χ2n) is 14.0. The molecule has 0 heterocycles. The topological polar surface area (TPSA) is 3.24 Å². The highest BCUT2D eigenvalue weighted by atomic mass is 15.1. The summed E-state index contributed by atoms with van der Waals surface area (Å²) in [6.45, 7) is 2.44. The van der Waals surface area contributed by atoms with Crippen molar-refractivity contribution in [3.05, 3.63) is 209 Å². The van der Waals surface area contributed by atoms with Gasteiger partial charge in [0.1, 0.15) is 0 Å². The molecular weight excluding hydrogens is 591 g/mol. The summed E-state index contributed by atoms with van der Waals surface area (Å²) in [5, 5.41) is 0. The molecule has 234 valence electrons. The fraction of sp³-hybridized carbons (Fsp3) is 0.125. The third-order valence-electron chi connectivity index (χ3n) is 11.9. The Balaban J connectivity index is 1.14. The van der Waals surface area contributed by atoms with Crippen LogP contribution in [0.1, 0.15) is 64.5 Å². The van der Waals surface area contributed by atoms with Crippen molar-refractivity contribution in [2.75, 3.05) is 4.90 Å². The van der Waals surface area contributed by atoms with Crippen LogP contribution in [0.5, 0.6) is 0 Å². The van der Waals surface area contributed by atoms with Crippen LogP contribution in [0.3, 0.4) is 0 Å². The van der Waals surface area contributed by atoms with Crippen molar-refractivity contribution >= 4 is 17.1 Å². The first kappa shape index (κ1) is 28.4. The number of anilines is 3. The van der Waals surface area contributed by atoms with Gasteiger partial charge < -0.3 is 4.90 Å². The smallest absolute Gasteiger partial charge is 0.0464 e. The molecule has 49 heavy (non-hydrogen) atoms. The van der Waals surface area contributed by atoms with E-state index in [4.69, 9.17) is 0 Å². The average Bonchev–Trinajstić information content (AvgIpc) is 3.76. The first-order valence-electron chi connectivity index (χ1n) is 17.7. The lowest BCUT2D eigenvalue weighted by Gasteiger charge is -2.35. The molecule has 10 rings (SSSR count). The Morgan fingerprint density at radius 2 is 0.714 bits per heavy atom. The van der Waals surface area contributed by atoms with Crippen LogP contribution < -0.4 is 4.90 Å². The van der Waals surface area contributed by atoms with Crippen LogP contribution in [0.15, 0.2) is 176 Å². The maximum Gasteiger partial charge on any atom is 0.0464 e. The Morgan fingerprint density at radius 1 is 0.367 bits per heavy atom. The van der Waals surface area contributed by atoms with E-state index in [-0.39, 0.29) is 5.41 Å². The van der Waals surface area contributed by atoms with Crippen molar-refractivity contribution in [3.63, 3.8) is 0 Å². The zero-order valence-corrected chi connectivity index (χ0v) is 27.6. The van der Waals surface area contributed by atoms with Crippen molar-refractivity contribution in [3.8, 4) is 22.3 Å². The summed E-state index contributed by atoms with van der Waals surface area (Å²) in [6.07, 6.45) is 1.14. The van der Waals surface area contributed by atoms with Crippen LogP contribution >= 0.6 is 0 Å². The van der Waals surface area contributed by atoms with Crippen molar-refractivity contribution in [1.29, 1.82) is 0 Å². The van der Waals surface area contributed by atoms with Crippen molar-refractivity contribution < 1.29 is 0 Å². The van der Waals surface area contributed by atoms with Crippen molar-refractivity contribution in [1.82, 2.24) is 0 Å². The van der Waals surface area contributed by atoms with Gasteiger partial charge in [0.25, 0.3) is 0 Å². The van der Waals surface area contributed by atoms with Crippen LogP contribution in [0.2, 0.25) is 0 Å². The van der Waals surface area contributed by atoms with E-state index in [9.17, 15) is 0 Å². The summed E-state index contributed by atoms with van der Waals surface area (Å²) < 4.78 is 0. The number of hydrogen-bond donors (Lipinski definition) is 0. The molecule has 0 bridgehead atoms. The van der Waals surface area contributed by atoms with E-state index in [0.717, 1.165) is 17.8 Å². The van der Waals surface area contributed by atoms with Crippen molar-refractivity contribution in [2.45, 2.75) is 31.1 Å². The molecule has 0 saturated heterocycles. The number of nitrogens with zero attached hydrogens (tertiary/aromatic N) is 1. The van der Waals surface area contributed by atoms with E-state index in [1.165, 1.54) is 61.3 Å². The monoisotopic (exact) mass is 627 g/mol. The van der Waals surface area contributed by atoms with Gasteiger partial charge in [-0.15, -0.1) is 0 Å². The molecule has 0 spiro atoms. The fourth-order valence-corrected chi connectivity index (χ4v) is 9.95. The van der Waals surface area contributed by atoms with E-state index in [1.54, 1.807) is 0 Å². The third-order valence-corrected chi connectivity index (χ3v) is 11.9. The van der Waals surface area contributed by atoms with E-state index >= 15 is 0 Å². The lowest BCUT2D eigenvalue weighted by molar-refractivity contribution is 0.241. The van der Waals surface area contributed by atoms with Gasteiger partial charge in [0.15, 0.2) is 0 Å². The Labute approximate surface area is 289 Å². The molecule has 0 aliphatic heterocycles. The van der Waals surface area contributed by atoms with Gasteiger partial charge in [0.05, 0.1) is 0 Å². The van der Waals surface area contributed by atoms with E-state index in [1.807, 2.05) is 0 Å². The van der Waals surface area contributed by atoms with Crippen LogP contribution in [0.25, 0.3) is 22.3 Å². The fourth-order valence-electron chi connectivity index (χ4n) is 9.95. The van der Waals surface area contributed by atoms with Crippen LogP contribution in [0, 0.1) is 5.41 Å². The molecule has 1 heteroatoms. The summed E-state index contributed by atoms with van der Waals surface area (Å²) >= 11 is 0. The summed E-state index contributed by atoms with van der Waals surface area (Å²) in [7, 11) is 0. The highest BCUT2D eigenvalue weighted by Crippen LogP contribution is 2.77. The quantitative estimate of drug-likeness (QED) is 0.177. The minimum atomic E-state index is 0.133. The summed E-state index contributed by atoms with van der Waals surface area (Å²) in [6, 6.07) is 65.5. The maximum atomic E-state index is 2.54. The molecule has 1 nitrogen and oxygen atoms in total. The van der Waals surface area contributed by atoms with Gasteiger partial charge in [-0.1, -0.05) is 146 Å². The number of benzene rings is 7. The molecule has 0 aromatic heterocycles. The SMILES string of the molecule is CCC12C3c4ccccc4C1c1ccc(N(c4ccc(-c5ccccc5)cc4)c4ccc(-c5ccccc5)cc4)cc1C2c1ccccc13. The number of fused-ring (bicyclic) bond motifs is 9. The highest BCUT2D eigenvalue weighted by molar-refractivity contribution is 5.81. The Hall–Kier alpha value is -5.66. The Kier molecular flexibility index (Phi) is 6.33. The standard InChI is InChI=1S/C48H37N/c1-2-48-45-39-17-9-10-18-40(39)46(48)43-30-29-38(31-44(43)47(48)42-20-12-11-19-41(42)45)49(36-25-21-34(22-26-36)32-13-5-3-6-14-32)37-27-23-35(24-28-37)33-15-7-4-8-16-33/h3-31,45-47H,2H2,1H3. The van der Waals surface area contributed by atoms with Gasteiger partial charge in [-0.05, 0) is 98.5 Å². The molecule has 3 aliphatic carbocycles. The second kappa shape index (κ2) is 10.9. The largest absolute Gasteiger partial charge is 0.310 e. The zero-order chi connectivity index (χ0) is 32.5. The van der Waals surface area contributed by atoms with Gasteiger partial charge in [-0.3, -0.25) is 0 Å². The van der Waals surface area contributed by atoms with Crippen LogP contribution in [0.4, 0.5) is 17.1 Å². The van der Waals surface area contributed by atoms with Gasteiger partial charge in [0, 0.05) is 40.2 Å². The summed E-state index contributed by atoms with van der Waals surface area (Å²) in [5.41, 5.74) is 17.7. The van der Waals surface area contributed by atoms with E-state index < -0.39 is 0 Å². The first-order valence-corrected chi connectivity index (χ1v) is 17.7. The predicted molar refractivity (Wildman–Crippen MR) is 203 cm³/mol. The molecule has 0 N–H and O–H groups in total. The molecule has 0 saturated carbocycles. The minimum absolute atomic E-state index is 0.133. The van der Waals surface area contributed by atoms with Gasteiger partial charge in [0.2, 0.25) is 0 Å². The van der Waals surface area contributed by atoms with E-state index in [0.29, 0.717) is 17.8 Å². The molecular formula is C48H37N. The molecule has 0 fully saturated rings. The third kappa shape index (κ3) is 4.06. The van der Waals surface area contributed by atoms with Gasteiger partial charge >= 0.3 is 0 Å². The molecule has 7 aromatic rings. The Bertz CT molecular complexity index is 2230. The van der Waals surface area contributed by atoms with Crippen molar-refractivity contribution in [2.24, 2.45) is 5.41 Å². The van der Waals surface area contributed by atoms with Gasteiger partial charge in [-0.25, -0.2) is 0 Å². The zero-order valence-electron chi connectivity index (χ0n) is 27.6.